The molecule has 6 nitrogen and oxygen atoms in total. The fraction of sp³-hybridized carbons (Fsp3) is 0.0625. The molecule has 0 aliphatic carbocycles. The second-order valence-corrected chi connectivity index (χ2v) is 7.13. The number of esters is 1. The molecule has 24 heavy (non-hydrogen) atoms. The van der Waals surface area contributed by atoms with Crippen LogP contribution in [0.4, 0.5) is 0 Å². The number of halogens is 1. The number of cyclic esters (lactones) is 1. The van der Waals surface area contributed by atoms with Crippen LogP contribution in [0.3, 0.4) is 0 Å². The minimum Gasteiger partial charge on any atom is -0.508 e. The van der Waals surface area contributed by atoms with Crippen LogP contribution in [0.15, 0.2) is 47.4 Å². The summed E-state index contributed by atoms with van der Waals surface area (Å²) < 4.78 is 27.7. The Bertz CT molecular complexity index is 964. The normalized spacial score (nSPS) is 14.8. The van der Waals surface area contributed by atoms with Crippen LogP contribution in [-0.4, -0.2) is 26.1 Å². The van der Waals surface area contributed by atoms with Crippen molar-refractivity contribution in [2.24, 2.45) is 5.14 Å². The first-order valence-corrected chi connectivity index (χ1v) is 8.72. The van der Waals surface area contributed by atoms with Gasteiger partial charge in [-0.3, -0.25) is 0 Å². The SMILES string of the molecule is NS(=O)(=O)c1ccc(C2=C(c3ccc(O)cc3Cl)COC2=O)cc1. The maximum Gasteiger partial charge on any atom is 0.339 e. The standard InChI is InChI=1S/C16H12ClNO5S/c17-14-7-10(19)3-6-12(14)13-8-23-16(20)15(13)9-1-4-11(5-2-9)24(18,21)22/h1-7,19H,8H2,(H2,18,21,22). The summed E-state index contributed by atoms with van der Waals surface area (Å²) in [6.07, 6.45) is 0. The van der Waals surface area contributed by atoms with Gasteiger partial charge < -0.3 is 9.84 Å². The predicted molar refractivity (Wildman–Crippen MR) is 88.7 cm³/mol. The first kappa shape index (κ1) is 16.5. The lowest BCUT2D eigenvalue weighted by Crippen LogP contribution is -2.12. The van der Waals surface area contributed by atoms with Crippen LogP contribution in [0, 0.1) is 0 Å². The second-order valence-electron chi connectivity index (χ2n) is 5.16. The highest BCUT2D eigenvalue weighted by Gasteiger charge is 2.28. The van der Waals surface area contributed by atoms with Crippen LogP contribution in [0.1, 0.15) is 11.1 Å². The molecule has 0 radical (unpaired) electrons. The molecular formula is C16H12ClNO5S. The summed E-state index contributed by atoms with van der Waals surface area (Å²) in [7, 11) is -3.81. The minimum absolute atomic E-state index is 0.00801. The number of carbonyl (C=O) groups is 1. The predicted octanol–water partition coefficient (Wildman–Crippen LogP) is 2.16. The Morgan fingerprint density at radius 3 is 2.38 bits per heavy atom. The van der Waals surface area contributed by atoms with Crippen LogP contribution < -0.4 is 5.14 Å². The van der Waals surface area contributed by atoms with Crippen molar-refractivity contribution in [1.29, 1.82) is 0 Å². The Hall–Kier alpha value is -2.35. The van der Waals surface area contributed by atoms with Gasteiger partial charge in [-0.15, -0.1) is 0 Å². The van der Waals surface area contributed by atoms with E-state index in [2.05, 4.69) is 0 Å². The van der Waals surface area contributed by atoms with E-state index < -0.39 is 16.0 Å². The van der Waals surface area contributed by atoms with Gasteiger partial charge in [0.15, 0.2) is 0 Å². The smallest absolute Gasteiger partial charge is 0.339 e. The van der Waals surface area contributed by atoms with Crippen molar-refractivity contribution in [3.8, 4) is 5.75 Å². The topological polar surface area (TPSA) is 107 Å². The number of primary sulfonamides is 1. The molecule has 2 aromatic carbocycles. The molecule has 0 aromatic heterocycles. The van der Waals surface area contributed by atoms with Gasteiger partial charge >= 0.3 is 5.97 Å². The van der Waals surface area contributed by atoms with Crippen molar-refractivity contribution in [1.82, 2.24) is 0 Å². The number of ether oxygens (including phenoxy) is 1. The molecule has 8 heteroatoms. The van der Waals surface area contributed by atoms with E-state index in [1.807, 2.05) is 0 Å². The van der Waals surface area contributed by atoms with Gasteiger partial charge in [-0.2, -0.15) is 0 Å². The van der Waals surface area contributed by atoms with Gasteiger partial charge in [0.25, 0.3) is 0 Å². The Morgan fingerprint density at radius 1 is 1.12 bits per heavy atom. The Morgan fingerprint density at radius 2 is 1.79 bits per heavy atom. The van der Waals surface area contributed by atoms with Crippen molar-refractivity contribution in [3.63, 3.8) is 0 Å². The number of carbonyl (C=O) groups excluding carboxylic acids is 1. The molecule has 3 N–H and O–H groups in total. The lowest BCUT2D eigenvalue weighted by atomic mass is 9.96. The number of aromatic hydroxyl groups is 1. The number of hydrogen-bond acceptors (Lipinski definition) is 5. The van der Waals surface area contributed by atoms with Crippen LogP contribution in [0.25, 0.3) is 11.1 Å². The highest BCUT2D eigenvalue weighted by atomic mass is 35.5. The number of nitrogens with two attached hydrogens (primary N) is 1. The summed E-state index contributed by atoms with van der Waals surface area (Å²) in [4.78, 5) is 12.0. The summed E-state index contributed by atoms with van der Waals surface area (Å²) in [6, 6.07) is 10.0. The average Bonchev–Trinajstić information content (AvgIpc) is 2.88. The van der Waals surface area contributed by atoms with E-state index in [1.54, 1.807) is 6.07 Å². The summed E-state index contributed by atoms with van der Waals surface area (Å²) in [6.45, 7) is 0.0373. The van der Waals surface area contributed by atoms with Gasteiger partial charge in [0, 0.05) is 11.1 Å². The van der Waals surface area contributed by atoms with Gasteiger partial charge in [0.2, 0.25) is 10.0 Å². The van der Waals surface area contributed by atoms with E-state index in [-0.39, 0.29) is 22.3 Å². The Balaban J connectivity index is 2.13. The highest BCUT2D eigenvalue weighted by molar-refractivity contribution is 7.89. The summed E-state index contributed by atoms with van der Waals surface area (Å²) in [5.74, 6) is -0.522. The minimum atomic E-state index is -3.81. The third kappa shape index (κ3) is 3.01. The summed E-state index contributed by atoms with van der Waals surface area (Å²) in [5, 5.41) is 14.8. The van der Waals surface area contributed by atoms with Crippen molar-refractivity contribution in [2.75, 3.05) is 6.61 Å². The zero-order valence-electron chi connectivity index (χ0n) is 12.2. The molecule has 0 amide bonds. The van der Waals surface area contributed by atoms with E-state index in [0.717, 1.165) is 0 Å². The van der Waals surface area contributed by atoms with Crippen LogP contribution in [0.5, 0.6) is 5.75 Å². The molecule has 0 fully saturated rings. The van der Waals surface area contributed by atoms with Crippen molar-refractivity contribution >= 4 is 38.7 Å². The van der Waals surface area contributed by atoms with Crippen molar-refractivity contribution in [2.45, 2.75) is 4.90 Å². The van der Waals surface area contributed by atoms with E-state index in [9.17, 15) is 18.3 Å². The fourth-order valence-corrected chi connectivity index (χ4v) is 3.27. The quantitative estimate of drug-likeness (QED) is 0.810. The number of hydrogen-bond donors (Lipinski definition) is 2. The van der Waals surface area contributed by atoms with E-state index in [0.29, 0.717) is 22.3 Å². The van der Waals surface area contributed by atoms with E-state index >= 15 is 0 Å². The molecule has 124 valence electrons. The zero-order valence-corrected chi connectivity index (χ0v) is 13.8. The summed E-state index contributed by atoms with van der Waals surface area (Å²) >= 11 is 6.14. The van der Waals surface area contributed by atoms with Crippen molar-refractivity contribution < 1.29 is 23.1 Å². The monoisotopic (exact) mass is 365 g/mol. The maximum absolute atomic E-state index is 12.1. The van der Waals surface area contributed by atoms with Gasteiger partial charge in [0.05, 0.1) is 15.5 Å². The largest absolute Gasteiger partial charge is 0.508 e. The molecule has 3 rings (SSSR count). The Labute approximate surface area is 143 Å². The number of rotatable bonds is 3. The molecule has 2 aromatic rings. The third-order valence-corrected chi connectivity index (χ3v) is 4.84. The lowest BCUT2D eigenvalue weighted by molar-refractivity contribution is -0.133. The second kappa shape index (κ2) is 5.94. The maximum atomic E-state index is 12.1. The zero-order chi connectivity index (χ0) is 17.5. The van der Waals surface area contributed by atoms with Crippen LogP contribution in [0.2, 0.25) is 5.02 Å². The van der Waals surface area contributed by atoms with Crippen LogP contribution in [-0.2, 0) is 19.6 Å². The number of benzene rings is 2. The molecular weight excluding hydrogens is 354 g/mol. The number of phenolic OH excluding ortho intramolecular Hbond substituents is 1. The van der Waals surface area contributed by atoms with E-state index in [4.69, 9.17) is 21.5 Å². The molecule has 0 unspecified atom stereocenters. The van der Waals surface area contributed by atoms with Crippen LogP contribution >= 0.6 is 11.6 Å². The molecule has 1 heterocycles. The number of phenols is 1. The third-order valence-electron chi connectivity index (χ3n) is 3.60. The molecule has 1 aliphatic heterocycles. The van der Waals surface area contributed by atoms with Gasteiger partial charge in [-0.1, -0.05) is 23.7 Å². The molecule has 0 spiro atoms. The van der Waals surface area contributed by atoms with Gasteiger partial charge in [0.1, 0.15) is 12.4 Å². The van der Waals surface area contributed by atoms with Gasteiger partial charge in [-0.05, 0) is 35.9 Å². The molecule has 1 aliphatic rings. The number of sulfonamides is 1. The van der Waals surface area contributed by atoms with Crippen molar-refractivity contribution in [3.05, 3.63) is 58.6 Å². The lowest BCUT2D eigenvalue weighted by Gasteiger charge is -2.08. The molecule has 0 atom stereocenters. The first-order valence-electron chi connectivity index (χ1n) is 6.80. The molecule has 0 saturated heterocycles. The highest BCUT2D eigenvalue weighted by Crippen LogP contribution is 2.37. The molecule has 0 saturated carbocycles. The summed E-state index contributed by atoms with van der Waals surface area (Å²) in [5.41, 5.74) is 1.91. The fourth-order valence-electron chi connectivity index (χ4n) is 2.47. The Kier molecular flexibility index (Phi) is 4.08. The first-order chi connectivity index (χ1) is 11.3. The van der Waals surface area contributed by atoms with E-state index in [1.165, 1.54) is 36.4 Å². The molecule has 0 bridgehead atoms. The average molecular weight is 366 g/mol. The van der Waals surface area contributed by atoms with Gasteiger partial charge in [-0.25, -0.2) is 18.4 Å².